The molecule has 2 aromatic heterocycles. The zero-order valence-corrected chi connectivity index (χ0v) is 25.8. The van der Waals surface area contributed by atoms with Gasteiger partial charge < -0.3 is 75.4 Å². The summed E-state index contributed by atoms with van der Waals surface area (Å²) in [6.45, 7) is 0. The second kappa shape index (κ2) is 12.9. The van der Waals surface area contributed by atoms with Gasteiger partial charge in [0.25, 0.3) is 5.91 Å². The highest BCUT2D eigenvalue weighted by atomic mass is 127. The van der Waals surface area contributed by atoms with Crippen LogP contribution in [0.5, 0.6) is 0 Å². The van der Waals surface area contributed by atoms with Crippen LogP contribution >= 0.6 is 0 Å². The molecule has 0 aliphatic heterocycles. The number of halogens is 2. The quantitative estimate of drug-likeness (QED) is 0.0818. The molecule has 200 valence electrons. The minimum atomic E-state index is -0.308. The molecule has 0 fully saturated rings. The van der Waals surface area contributed by atoms with Crippen molar-refractivity contribution in [1.29, 1.82) is 0 Å². The maximum atomic E-state index is 13.0. The predicted octanol–water partition coefficient (Wildman–Crippen LogP) is -1.60. The standard InChI is InChI=1S/C29H27N7O.2HI/c1-35-14-11-19(12-15-35)32-27-10-8-21(18-25(27)31)34-29(37)22-9-7-20(17-24(22)30)33-26-13-16-36(2)28-6-4-3-5-23(26)28;;/h3-18H,31H2,1-2H3,(H3,30,34,37);2*1H. The number of amides is 1. The third-order valence-electron chi connectivity index (χ3n) is 6.18. The summed E-state index contributed by atoms with van der Waals surface area (Å²) in [6.07, 6.45) is 5.89. The lowest BCUT2D eigenvalue weighted by molar-refractivity contribution is -0.671. The van der Waals surface area contributed by atoms with E-state index in [9.17, 15) is 4.79 Å². The lowest BCUT2D eigenvalue weighted by atomic mass is 10.1. The first-order chi connectivity index (χ1) is 17.9. The molecule has 0 saturated carbocycles. The number of aromatic nitrogens is 2. The maximum absolute atomic E-state index is 13.0. The van der Waals surface area contributed by atoms with Gasteiger partial charge in [-0.2, -0.15) is 0 Å². The Morgan fingerprint density at radius 2 is 1.36 bits per heavy atom. The van der Waals surface area contributed by atoms with Crippen LogP contribution in [-0.2, 0) is 14.1 Å². The van der Waals surface area contributed by atoms with Gasteiger partial charge in [0.1, 0.15) is 14.1 Å². The van der Waals surface area contributed by atoms with Gasteiger partial charge >= 0.3 is 0 Å². The highest BCUT2D eigenvalue weighted by Gasteiger charge is 2.14. The minimum Gasteiger partial charge on any atom is -1.00 e. The van der Waals surface area contributed by atoms with Crippen LogP contribution in [-0.4, -0.2) is 5.91 Å². The van der Waals surface area contributed by atoms with Crippen molar-refractivity contribution < 1.29 is 61.9 Å². The number of hydrogen-bond acceptors (Lipinski definition) is 5. The van der Waals surface area contributed by atoms with Gasteiger partial charge in [0.05, 0.1) is 33.7 Å². The van der Waals surface area contributed by atoms with Crippen LogP contribution in [0.4, 0.5) is 39.8 Å². The molecule has 2 heterocycles. The number of carbonyl (C=O) groups is 1. The fourth-order valence-corrected chi connectivity index (χ4v) is 4.17. The van der Waals surface area contributed by atoms with E-state index in [0.29, 0.717) is 22.6 Å². The van der Waals surface area contributed by atoms with Crippen molar-refractivity contribution in [2.45, 2.75) is 0 Å². The van der Waals surface area contributed by atoms with E-state index in [1.165, 1.54) is 0 Å². The summed E-state index contributed by atoms with van der Waals surface area (Å²) in [5.74, 6) is -0.308. The van der Waals surface area contributed by atoms with E-state index in [-0.39, 0.29) is 53.9 Å². The molecule has 8 nitrogen and oxygen atoms in total. The molecule has 10 heteroatoms. The molecule has 0 unspecified atom stereocenters. The van der Waals surface area contributed by atoms with Crippen molar-refractivity contribution >= 4 is 56.6 Å². The molecule has 0 bridgehead atoms. The van der Waals surface area contributed by atoms with E-state index < -0.39 is 0 Å². The molecular weight excluding hydrogens is 716 g/mol. The lowest BCUT2D eigenvalue weighted by Crippen LogP contribution is -3.00. The van der Waals surface area contributed by atoms with Crippen LogP contribution in [0.2, 0.25) is 0 Å². The first-order valence-electron chi connectivity index (χ1n) is 11.8. The number of aryl methyl sites for hydroxylation is 2. The second-order valence-corrected chi connectivity index (χ2v) is 8.92. The Morgan fingerprint density at radius 1 is 0.692 bits per heavy atom. The van der Waals surface area contributed by atoms with Gasteiger partial charge in [-0.25, -0.2) is 9.13 Å². The summed E-state index contributed by atoms with van der Waals surface area (Å²) < 4.78 is 4.02. The van der Waals surface area contributed by atoms with Gasteiger partial charge in [0, 0.05) is 41.3 Å². The molecule has 3 aromatic carbocycles. The van der Waals surface area contributed by atoms with Gasteiger partial charge in [-0.05, 0) is 42.5 Å². The number of nitrogen functional groups attached to an aromatic ring is 2. The maximum Gasteiger partial charge on any atom is 0.257 e. The number of pyridine rings is 2. The first-order valence-corrected chi connectivity index (χ1v) is 11.8. The summed E-state index contributed by atoms with van der Waals surface area (Å²) >= 11 is 0. The lowest BCUT2D eigenvalue weighted by Gasteiger charge is -2.13. The Balaban J connectivity index is 0.00000210. The van der Waals surface area contributed by atoms with Crippen LogP contribution < -0.4 is 84.5 Å². The molecule has 0 spiro atoms. The zero-order chi connectivity index (χ0) is 25.9. The third kappa shape index (κ3) is 6.87. The first kappa shape index (κ1) is 29.9. The number of fused-ring (bicyclic) bond motifs is 1. The summed E-state index contributed by atoms with van der Waals surface area (Å²) in [7, 11) is 3.97. The van der Waals surface area contributed by atoms with Crippen LogP contribution in [0.1, 0.15) is 10.4 Å². The number of carbonyl (C=O) groups excluding carboxylic acids is 1. The Kier molecular flexibility index (Phi) is 9.92. The van der Waals surface area contributed by atoms with E-state index in [1.807, 2.05) is 79.7 Å². The molecule has 0 saturated heterocycles. The number of nitrogens with two attached hydrogens (primary N) is 2. The van der Waals surface area contributed by atoms with E-state index in [4.69, 9.17) is 11.5 Å². The Morgan fingerprint density at radius 3 is 2.08 bits per heavy atom. The number of nitrogens with one attached hydrogen (secondary N) is 3. The molecule has 1 amide bonds. The van der Waals surface area contributed by atoms with E-state index in [0.717, 1.165) is 33.7 Å². The van der Waals surface area contributed by atoms with Gasteiger partial charge in [0.15, 0.2) is 18.6 Å². The summed E-state index contributed by atoms with van der Waals surface area (Å²) in [5, 5.41) is 10.7. The number of nitrogens with zero attached hydrogens (tertiary/aromatic N) is 2. The zero-order valence-electron chi connectivity index (χ0n) is 21.5. The van der Waals surface area contributed by atoms with Crippen molar-refractivity contribution in [3.05, 3.63) is 103 Å². The van der Waals surface area contributed by atoms with Crippen molar-refractivity contribution in [2.75, 3.05) is 27.4 Å². The molecule has 0 radical (unpaired) electrons. The topological polar surface area (TPSA) is 113 Å². The van der Waals surface area contributed by atoms with Crippen molar-refractivity contribution in [3.8, 4) is 0 Å². The second-order valence-electron chi connectivity index (χ2n) is 8.92. The summed E-state index contributed by atoms with van der Waals surface area (Å²) in [6, 6.07) is 24.7. The average molecular weight is 745 g/mol. The SMILES string of the molecule is C[n+]1ccc(Nc2ccc(NC(=O)c3ccc(Nc4cc[n+](C)c5ccccc45)cc3N)cc2N)cc1.[I-].[I-]. The number of para-hydroxylation sites is 1. The van der Waals surface area contributed by atoms with E-state index in [1.54, 1.807) is 24.3 Å². The number of rotatable bonds is 6. The Hall–Kier alpha value is -3.65. The fraction of sp³-hybridized carbons (Fsp3) is 0.0690. The largest absolute Gasteiger partial charge is 1.00 e. The fourth-order valence-electron chi connectivity index (χ4n) is 4.17. The highest BCUT2D eigenvalue weighted by Crippen LogP contribution is 2.28. The third-order valence-corrected chi connectivity index (χ3v) is 6.18. The van der Waals surface area contributed by atoms with Crippen molar-refractivity contribution in [3.63, 3.8) is 0 Å². The van der Waals surface area contributed by atoms with Gasteiger partial charge in [-0.1, -0.05) is 12.1 Å². The molecule has 5 rings (SSSR count). The Bertz CT molecular complexity index is 1620. The normalized spacial score (nSPS) is 10.2. The van der Waals surface area contributed by atoms with Gasteiger partial charge in [-0.3, -0.25) is 4.79 Å². The molecule has 0 atom stereocenters. The van der Waals surface area contributed by atoms with Crippen LogP contribution in [0.25, 0.3) is 10.9 Å². The smallest absolute Gasteiger partial charge is 0.257 e. The van der Waals surface area contributed by atoms with Gasteiger partial charge in [0.2, 0.25) is 5.52 Å². The average Bonchev–Trinajstić information content (AvgIpc) is 2.89. The predicted molar refractivity (Wildman–Crippen MR) is 149 cm³/mol. The minimum absolute atomic E-state index is 0. The summed E-state index contributed by atoms with van der Waals surface area (Å²) in [5.41, 5.74) is 18.9. The van der Waals surface area contributed by atoms with Crippen LogP contribution in [0.3, 0.4) is 0 Å². The molecule has 0 aliphatic rings. The van der Waals surface area contributed by atoms with Crippen molar-refractivity contribution in [2.24, 2.45) is 14.1 Å². The summed E-state index contributed by atoms with van der Waals surface area (Å²) in [4.78, 5) is 13.0. The molecule has 0 aliphatic carbocycles. The van der Waals surface area contributed by atoms with Crippen LogP contribution in [0.15, 0.2) is 97.5 Å². The van der Waals surface area contributed by atoms with E-state index >= 15 is 0 Å². The van der Waals surface area contributed by atoms with Crippen LogP contribution in [0, 0.1) is 0 Å². The highest BCUT2D eigenvalue weighted by molar-refractivity contribution is 6.08. The number of anilines is 7. The van der Waals surface area contributed by atoms with Crippen molar-refractivity contribution in [1.82, 2.24) is 0 Å². The monoisotopic (exact) mass is 745 g/mol. The number of benzene rings is 3. The van der Waals surface area contributed by atoms with E-state index in [2.05, 4.69) is 32.7 Å². The molecule has 7 N–H and O–H groups in total. The molecule has 39 heavy (non-hydrogen) atoms. The molecule has 5 aromatic rings. The number of hydrogen-bond donors (Lipinski definition) is 5. The van der Waals surface area contributed by atoms with Gasteiger partial charge in [-0.15, -0.1) is 0 Å². The Labute approximate surface area is 261 Å². The molecular formula is C29H29I2N7O.